The molecule has 134 valence electrons. The van der Waals surface area contributed by atoms with Crippen LogP contribution in [0.1, 0.15) is 64.7 Å². The van der Waals surface area contributed by atoms with E-state index in [0.717, 1.165) is 44.9 Å². The molecule has 23 heavy (non-hydrogen) atoms. The number of hydrogen-bond acceptors (Lipinski definition) is 3. The Labute approximate surface area is 139 Å². The van der Waals surface area contributed by atoms with Gasteiger partial charge in [0.1, 0.15) is 0 Å². The van der Waals surface area contributed by atoms with Gasteiger partial charge in [0.15, 0.2) is 0 Å². The predicted octanol–water partition coefficient (Wildman–Crippen LogP) is 2.90. The molecule has 0 rings (SSSR count). The van der Waals surface area contributed by atoms with Gasteiger partial charge in [0, 0.05) is 19.5 Å². The Balaban J connectivity index is 3.89. The summed E-state index contributed by atoms with van der Waals surface area (Å²) >= 11 is 0. The van der Waals surface area contributed by atoms with Crippen molar-refractivity contribution in [2.45, 2.75) is 70.8 Å². The number of carboxylic acid groups (broad SMARTS) is 1. The molecule has 6 heteroatoms. The van der Waals surface area contributed by atoms with E-state index in [1.807, 2.05) is 0 Å². The lowest BCUT2D eigenvalue weighted by Crippen LogP contribution is -2.36. The number of nitrogens with zero attached hydrogens (tertiary/aromatic N) is 1. The summed E-state index contributed by atoms with van der Waals surface area (Å²) in [6, 6.07) is -0.472. The molecule has 0 aliphatic carbocycles. The molecule has 0 aliphatic rings. The average Bonchev–Trinajstić information content (AvgIpc) is 2.48. The number of carbonyl (C=O) groups excluding carboxylic acids is 1. The summed E-state index contributed by atoms with van der Waals surface area (Å²) in [5.41, 5.74) is 5.35. The summed E-state index contributed by atoms with van der Waals surface area (Å²) < 4.78 is 0. The summed E-state index contributed by atoms with van der Waals surface area (Å²) in [5.74, 6) is -0.772. The molecule has 0 bridgehead atoms. The van der Waals surface area contributed by atoms with Gasteiger partial charge in [-0.1, -0.05) is 51.2 Å². The molecule has 0 fully saturated rings. The zero-order valence-corrected chi connectivity index (χ0v) is 14.2. The zero-order chi connectivity index (χ0) is 17.5. The summed E-state index contributed by atoms with van der Waals surface area (Å²) in [4.78, 5) is 23.3. The second-order valence-electron chi connectivity index (χ2n) is 5.83. The molecule has 0 saturated heterocycles. The standard InChI is InChI=1S/C17H32N2O4/c1-2-3-6-10-15(20)11-9-14-19(17(18)23)13-8-5-4-7-12-16(21)22/h9,11,15,20H,2-8,10,12-14H2,1H3,(H2,18,23)(H,21,22)/b11-9+. The van der Waals surface area contributed by atoms with Crippen molar-refractivity contribution >= 4 is 12.0 Å². The van der Waals surface area contributed by atoms with Crippen LogP contribution in [0.5, 0.6) is 0 Å². The molecule has 0 aromatic carbocycles. The number of aliphatic hydroxyl groups excluding tert-OH is 1. The van der Waals surface area contributed by atoms with Crippen LogP contribution in [-0.2, 0) is 4.79 Å². The zero-order valence-electron chi connectivity index (χ0n) is 14.2. The van der Waals surface area contributed by atoms with Crippen LogP contribution in [0, 0.1) is 0 Å². The maximum Gasteiger partial charge on any atom is 0.315 e. The molecule has 0 aromatic heterocycles. The molecule has 0 spiro atoms. The average molecular weight is 328 g/mol. The maximum atomic E-state index is 11.4. The molecule has 1 unspecified atom stereocenters. The highest BCUT2D eigenvalue weighted by Crippen LogP contribution is 2.06. The van der Waals surface area contributed by atoms with Gasteiger partial charge >= 0.3 is 12.0 Å². The molecule has 0 aromatic rings. The van der Waals surface area contributed by atoms with Gasteiger partial charge in [-0.25, -0.2) is 4.79 Å². The predicted molar refractivity (Wildman–Crippen MR) is 91.2 cm³/mol. The van der Waals surface area contributed by atoms with Crippen LogP contribution in [0.3, 0.4) is 0 Å². The lowest BCUT2D eigenvalue weighted by molar-refractivity contribution is -0.137. The van der Waals surface area contributed by atoms with Crippen LogP contribution in [0.4, 0.5) is 4.79 Å². The number of nitrogens with two attached hydrogens (primary N) is 1. The summed E-state index contributed by atoms with van der Waals surface area (Å²) in [5, 5.41) is 18.3. The normalized spacial score (nSPS) is 12.4. The van der Waals surface area contributed by atoms with E-state index in [-0.39, 0.29) is 6.42 Å². The Kier molecular flexibility index (Phi) is 13.1. The number of urea groups is 1. The Morgan fingerprint density at radius 1 is 1.13 bits per heavy atom. The van der Waals surface area contributed by atoms with Crippen molar-refractivity contribution in [3.05, 3.63) is 12.2 Å². The largest absolute Gasteiger partial charge is 0.481 e. The number of carbonyl (C=O) groups is 2. The van der Waals surface area contributed by atoms with Gasteiger partial charge in [0.05, 0.1) is 6.10 Å². The summed E-state index contributed by atoms with van der Waals surface area (Å²) in [6.07, 6.45) is 10.4. The first-order valence-corrected chi connectivity index (χ1v) is 8.58. The van der Waals surface area contributed by atoms with Crippen LogP contribution in [0.15, 0.2) is 12.2 Å². The Morgan fingerprint density at radius 2 is 1.83 bits per heavy atom. The molecule has 0 aliphatic heterocycles. The van der Waals surface area contributed by atoms with Crippen molar-refractivity contribution < 1.29 is 19.8 Å². The maximum absolute atomic E-state index is 11.4. The lowest BCUT2D eigenvalue weighted by atomic mass is 10.1. The molecular weight excluding hydrogens is 296 g/mol. The number of aliphatic hydroxyl groups is 1. The molecule has 4 N–H and O–H groups in total. The molecule has 0 radical (unpaired) electrons. The van der Waals surface area contributed by atoms with Gasteiger partial charge in [-0.2, -0.15) is 0 Å². The van der Waals surface area contributed by atoms with E-state index in [0.29, 0.717) is 19.5 Å². The summed E-state index contributed by atoms with van der Waals surface area (Å²) in [7, 11) is 0. The van der Waals surface area contributed by atoms with Crippen molar-refractivity contribution in [1.82, 2.24) is 4.90 Å². The number of rotatable bonds is 14. The second-order valence-corrected chi connectivity index (χ2v) is 5.83. The fraction of sp³-hybridized carbons (Fsp3) is 0.765. The minimum Gasteiger partial charge on any atom is -0.481 e. The van der Waals surface area contributed by atoms with Gasteiger partial charge in [0.2, 0.25) is 0 Å². The van der Waals surface area contributed by atoms with Crippen LogP contribution in [0.25, 0.3) is 0 Å². The van der Waals surface area contributed by atoms with Crippen molar-refractivity contribution in [3.63, 3.8) is 0 Å². The van der Waals surface area contributed by atoms with Crippen molar-refractivity contribution in [2.75, 3.05) is 13.1 Å². The lowest BCUT2D eigenvalue weighted by Gasteiger charge is -2.18. The topological polar surface area (TPSA) is 104 Å². The van der Waals surface area contributed by atoms with Crippen LogP contribution in [0.2, 0.25) is 0 Å². The van der Waals surface area contributed by atoms with E-state index in [4.69, 9.17) is 10.8 Å². The highest BCUT2D eigenvalue weighted by atomic mass is 16.4. The van der Waals surface area contributed by atoms with E-state index in [1.54, 1.807) is 12.2 Å². The Bertz CT molecular complexity index is 359. The van der Waals surface area contributed by atoms with E-state index in [1.165, 1.54) is 4.90 Å². The van der Waals surface area contributed by atoms with Gasteiger partial charge in [-0.15, -0.1) is 0 Å². The van der Waals surface area contributed by atoms with Gasteiger partial charge in [-0.3, -0.25) is 4.79 Å². The smallest absolute Gasteiger partial charge is 0.315 e. The van der Waals surface area contributed by atoms with Crippen LogP contribution < -0.4 is 5.73 Å². The van der Waals surface area contributed by atoms with Crippen molar-refractivity contribution in [2.24, 2.45) is 5.73 Å². The van der Waals surface area contributed by atoms with Crippen LogP contribution >= 0.6 is 0 Å². The molecule has 1 atom stereocenters. The Morgan fingerprint density at radius 3 is 2.43 bits per heavy atom. The minimum atomic E-state index is -0.772. The molecular formula is C17H32N2O4. The van der Waals surface area contributed by atoms with E-state index in [9.17, 15) is 14.7 Å². The van der Waals surface area contributed by atoms with Crippen molar-refractivity contribution in [3.8, 4) is 0 Å². The first-order valence-electron chi connectivity index (χ1n) is 8.58. The number of carboxylic acids is 1. The van der Waals surface area contributed by atoms with Crippen LogP contribution in [-0.4, -0.2) is 46.3 Å². The van der Waals surface area contributed by atoms with Gasteiger partial charge < -0.3 is 20.8 Å². The first-order chi connectivity index (χ1) is 11.0. The second kappa shape index (κ2) is 14.1. The minimum absolute atomic E-state index is 0.193. The van der Waals surface area contributed by atoms with Gasteiger partial charge in [0.25, 0.3) is 0 Å². The third kappa shape index (κ3) is 13.8. The summed E-state index contributed by atoms with van der Waals surface area (Å²) in [6.45, 7) is 3.07. The number of unbranched alkanes of at least 4 members (excludes halogenated alkanes) is 5. The first kappa shape index (κ1) is 21.4. The number of aliphatic carboxylic acids is 1. The molecule has 0 heterocycles. The monoisotopic (exact) mass is 328 g/mol. The number of amides is 2. The van der Waals surface area contributed by atoms with Crippen molar-refractivity contribution in [1.29, 1.82) is 0 Å². The van der Waals surface area contributed by atoms with Gasteiger partial charge in [-0.05, 0) is 19.3 Å². The number of hydrogen-bond donors (Lipinski definition) is 3. The van der Waals surface area contributed by atoms with E-state index < -0.39 is 18.1 Å². The highest BCUT2D eigenvalue weighted by Gasteiger charge is 2.07. The SMILES string of the molecule is CCCCCC(O)/C=C/CN(CCCCCCC(=O)O)C(N)=O. The third-order valence-electron chi connectivity index (χ3n) is 3.67. The molecule has 6 nitrogen and oxygen atoms in total. The molecule has 2 amide bonds. The quantitative estimate of drug-likeness (QED) is 0.337. The fourth-order valence-electron chi connectivity index (χ4n) is 2.27. The number of primary amides is 1. The Hall–Kier alpha value is -1.56. The van der Waals surface area contributed by atoms with E-state index in [2.05, 4.69) is 6.92 Å². The highest BCUT2D eigenvalue weighted by molar-refractivity contribution is 5.72. The fourth-order valence-corrected chi connectivity index (χ4v) is 2.27. The van der Waals surface area contributed by atoms with E-state index >= 15 is 0 Å². The third-order valence-corrected chi connectivity index (χ3v) is 3.67. The molecule has 0 saturated carbocycles.